The van der Waals surface area contributed by atoms with Crippen molar-refractivity contribution in [1.82, 2.24) is 10.3 Å². The summed E-state index contributed by atoms with van der Waals surface area (Å²) in [6, 6.07) is 0.543. The number of aromatic nitrogens is 1. The zero-order valence-electron chi connectivity index (χ0n) is 14.5. The minimum absolute atomic E-state index is 0.155. The van der Waals surface area contributed by atoms with Gasteiger partial charge < -0.3 is 5.32 Å². The largest absolute Gasteiger partial charge is 0.314 e. The van der Waals surface area contributed by atoms with Crippen LogP contribution in [0.15, 0.2) is 5.38 Å². The third-order valence-corrected chi connectivity index (χ3v) is 4.61. The van der Waals surface area contributed by atoms with Crippen molar-refractivity contribution in [3.63, 3.8) is 0 Å². The maximum Gasteiger partial charge on any atom is 0.0931 e. The fraction of sp³-hybridized carbons (Fsp3) is 0.824. The van der Waals surface area contributed by atoms with Gasteiger partial charge in [0.05, 0.1) is 10.7 Å². The smallest absolute Gasteiger partial charge is 0.0931 e. The molecule has 0 amide bonds. The predicted molar refractivity (Wildman–Crippen MR) is 90.6 cm³/mol. The van der Waals surface area contributed by atoms with Gasteiger partial charge in [-0.1, -0.05) is 55.4 Å². The molecule has 1 aromatic rings. The van der Waals surface area contributed by atoms with Crippen LogP contribution in [-0.2, 0) is 11.8 Å². The van der Waals surface area contributed by atoms with E-state index >= 15 is 0 Å². The SMILES string of the molecule is CC(C)NCC(Cc1nc(C(C)(C)C)cs1)C(C)(C)C. The van der Waals surface area contributed by atoms with E-state index in [2.05, 4.69) is 66.1 Å². The van der Waals surface area contributed by atoms with E-state index in [9.17, 15) is 0 Å². The van der Waals surface area contributed by atoms with Crippen LogP contribution in [0.3, 0.4) is 0 Å². The molecule has 3 heteroatoms. The molecule has 0 saturated carbocycles. The Labute approximate surface area is 129 Å². The minimum atomic E-state index is 0.155. The molecule has 0 radical (unpaired) electrons. The highest BCUT2D eigenvalue weighted by molar-refractivity contribution is 7.09. The van der Waals surface area contributed by atoms with E-state index in [1.807, 2.05) is 11.3 Å². The van der Waals surface area contributed by atoms with Gasteiger partial charge in [0.1, 0.15) is 0 Å². The van der Waals surface area contributed by atoms with Crippen LogP contribution in [0.1, 0.15) is 66.1 Å². The van der Waals surface area contributed by atoms with Crippen LogP contribution in [0.25, 0.3) is 0 Å². The van der Waals surface area contributed by atoms with E-state index < -0.39 is 0 Å². The Morgan fingerprint density at radius 1 is 1.15 bits per heavy atom. The van der Waals surface area contributed by atoms with Crippen LogP contribution in [0.2, 0.25) is 0 Å². The normalized spacial score (nSPS) is 14.8. The Kier molecular flexibility index (Phi) is 5.79. The quantitative estimate of drug-likeness (QED) is 0.856. The first-order valence-electron chi connectivity index (χ1n) is 7.68. The zero-order chi connectivity index (χ0) is 15.6. The van der Waals surface area contributed by atoms with E-state index in [0.29, 0.717) is 17.4 Å². The van der Waals surface area contributed by atoms with Crippen molar-refractivity contribution in [3.05, 3.63) is 16.1 Å². The van der Waals surface area contributed by atoms with Gasteiger partial charge in [-0.2, -0.15) is 0 Å². The van der Waals surface area contributed by atoms with E-state index in [4.69, 9.17) is 4.98 Å². The lowest BCUT2D eigenvalue weighted by atomic mass is 9.78. The van der Waals surface area contributed by atoms with Gasteiger partial charge in [-0.15, -0.1) is 11.3 Å². The molecule has 1 aromatic heterocycles. The standard InChI is InChI=1S/C17H32N2S/c1-12(2)18-10-13(16(3,4)5)9-15-19-14(11-20-15)17(6,7)8/h11-13,18H,9-10H2,1-8H3. The molecular weight excluding hydrogens is 264 g/mol. The van der Waals surface area contributed by atoms with Crippen molar-refractivity contribution < 1.29 is 0 Å². The van der Waals surface area contributed by atoms with Gasteiger partial charge in [-0.05, 0) is 17.9 Å². The summed E-state index contributed by atoms with van der Waals surface area (Å²) in [7, 11) is 0. The molecule has 20 heavy (non-hydrogen) atoms. The number of thiazole rings is 1. The van der Waals surface area contributed by atoms with E-state index in [-0.39, 0.29) is 5.41 Å². The first kappa shape index (κ1) is 17.6. The highest BCUT2D eigenvalue weighted by Gasteiger charge is 2.26. The highest BCUT2D eigenvalue weighted by atomic mass is 32.1. The lowest BCUT2D eigenvalue weighted by Gasteiger charge is -2.31. The Morgan fingerprint density at radius 2 is 1.75 bits per heavy atom. The maximum absolute atomic E-state index is 4.85. The number of nitrogens with zero attached hydrogens (tertiary/aromatic N) is 1. The molecule has 1 unspecified atom stereocenters. The third-order valence-electron chi connectivity index (χ3n) is 3.74. The van der Waals surface area contributed by atoms with Crippen LogP contribution in [0.5, 0.6) is 0 Å². The average molecular weight is 297 g/mol. The van der Waals surface area contributed by atoms with Gasteiger partial charge in [-0.3, -0.25) is 0 Å². The second-order valence-electron chi connectivity index (χ2n) is 8.21. The summed E-state index contributed by atoms with van der Waals surface area (Å²) in [5.74, 6) is 0.615. The Bertz CT molecular complexity index is 407. The van der Waals surface area contributed by atoms with Crippen LogP contribution in [-0.4, -0.2) is 17.6 Å². The van der Waals surface area contributed by atoms with Gasteiger partial charge >= 0.3 is 0 Å². The molecule has 116 valence electrons. The van der Waals surface area contributed by atoms with Gasteiger partial charge in [0, 0.05) is 23.3 Å². The molecule has 2 nitrogen and oxygen atoms in total. The average Bonchev–Trinajstić information content (AvgIpc) is 2.70. The molecule has 0 fully saturated rings. The monoisotopic (exact) mass is 296 g/mol. The molecule has 1 rings (SSSR count). The molecule has 0 saturated heterocycles. The van der Waals surface area contributed by atoms with Crippen LogP contribution >= 0.6 is 11.3 Å². The van der Waals surface area contributed by atoms with Crippen molar-refractivity contribution in [3.8, 4) is 0 Å². The predicted octanol–water partition coefficient (Wildman–Crippen LogP) is 4.64. The molecule has 0 aromatic carbocycles. The van der Waals surface area contributed by atoms with Gasteiger partial charge in [0.15, 0.2) is 0 Å². The molecule has 0 bridgehead atoms. The molecule has 1 N–H and O–H groups in total. The number of hydrogen-bond acceptors (Lipinski definition) is 3. The second kappa shape index (κ2) is 6.57. The first-order chi connectivity index (χ1) is 9.00. The Balaban J connectivity index is 2.77. The van der Waals surface area contributed by atoms with Crippen molar-refractivity contribution in [2.75, 3.05) is 6.54 Å². The highest BCUT2D eigenvalue weighted by Crippen LogP contribution is 2.31. The number of nitrogens with one attached hydrogen (secondary N) is 1. The molecule has 1 heterocycles. The lowest BCUT2D eigenvalue weighted by molar-refractivity contribution is 0.226. The summed E-state index contributed by atoms with van der Waals surface area (Å²) in [4.78, 5) is 4.85. The summed E-state index contributed by atoms with van der Waals surface area (Å²) < 4.78 is 0. The van der Waals surface area contributed by atoms with E-state index in [1.54, 1.807) is 0 Å². The van der Waals surface area contributed by atoms with Gasteiger partial charge in [-0.25, -0.2) is 4.98 Å². The summed E-state index contributed by atoms with van der Waals surface area (Å²) >= 11 is 1.82. The fourth-order valence-electron chi connectivity index (χ4n) is 2.02. The maximum atomic E-state index is 4.85. The summed E-state index contributed by atoms with van der Waals surface area (Å²) in [5.41, 5.74) is 1.68. The fourth-order valence-corrected chi connectivity index (χ4v) is 3.12. The topological polar surface area (TPSA) is 24.9 Å². The molecule has 0 aliphatic carbocycles. The molecular formula is C17H32N2S. The van der Waals surface area contributed by atoms with Crippen molar-refractivity contribution in [2.45, 2.75) is 73.3 Å². The van der Waals surface area contributed by atoms with Crippen molar-refractivity contribution in [1.29, 1.82) is 0 Å². The molecule has 0 spiro atoms. The molecule has 0 aliphatic heterocycles. The van der Waals surface area contributed by atoms with Gasteiger partial charge in [0.2, 0.25) is 0 Å². The van der Waals surface area contributed by atoms with E-state index in [0.717, 1.165) is 13.0 Å². The first-order valence-corrected chi connectivity index (χ1v) is 8.56. The second-order valence-corrected chi connectivity index (χ2v) is 9.15. The molecule has 1 atom stereocenters. The van der Waals surface area contributed by atoms with Gasteiger partial charge in [0.25, 0.3) is 0 Å². The zero-order valence-corrected chi connectivity index (χ0v) is 15.3. The number of hydrogen-bond donors (Lipinski definition) is 1. The van der Waals surface area contributed by atoms with Crippen LogP contribution in [0, 0.1) is 11.3 Å². The number of rotatable bonds is 5. The molecule has 0 aliphatic rings. The van der Waals surface area contributed by atoms with Crippen LogP contribution < -0.4 is 5.32 Å². The van der Waals surface area contributed by atoms with Crippen LogP contribution in [0.4, 0.5) is 0 Å². The lowest BCUT2D eigenvalue weighted by Crippen LogP contribution is -2.36. The summed E-state index contributed by atoms with van der Waals surface area (Å²) in [5, 5.41) is 7.09. The van der Waals surface area contributed by atoms with Crippen molar-refractivity contribution >= 4 is 11.3 Å². The Morgan fingerprint density at radius 3 is 2.15 bits per heavy atom. The minimum Gasteiger partial charge on any atom is -0.314 e. The summed E-state index contributed by atoms with van der Waals surface area (Å²) in [6.45, 7) is 19.2. The van der Waals surface area contributed by atoms with Crippen molar-refractivity contribution in [2.24, 2.45) is 11.3 Å². The third kappa shape index (κ3) is 5.53. The van der Waals surface area contributed by atoms with E-state index in [1.165, 1.54) is 10.7 Å². The Hall–Kier alpha value is -0.410. The summed E-state index contributed by atoms with van der Waals surface area (Å²) in [6.07, 6.45) is 1.07.